The Morgan fingerprint density at radius 2 is 2.15 bits per heavy atom. The van der Waals surface area contributed by atoms with E-state index in [0.29, 0.717) is 19.4 Å². The molecule has 0 spiro atoms. The van der Waals surface area contributed by atoms with E-state index in [-0.39, 0.29) is 23.4 Å². The number of hydrogen-bond acceptors (Lipinski definition) is 4. The van der Waals surface area contributed by atoms with Crippen LogP contribution in [0.25, 0.3) is 0 Å². The summed E-state index contributed by atoms with van der Waals surface area (Å²) >= 11 is 0. The monoisotopic (exact) mass is 302 g/mol. The molecule has 1 saturated heterocycles. The van der Waals surface area contributed by atoms with E-state index in [0.717, 1.165) is 6.07 Å². The Kier molecular flexibility index (Phi) is 4.31. The van der Waals surface area contributed by atoms with Crippen LogP contribution >= 0.6 is 0 Å². The predicted molar refractivity (Wildman–Crippen MR) is 74.3 cm³/mol. The number of rotatable bonds is 3. The summed E-state index contributed by atoms with van der Waals surface area (Å²) in [5, 5.41) is 0. The zero-order valence-electron chi connectivity index (χ0n) is 11.5. The number of halogens is 1. The van der Waals surface area contributed by atoms with Crippen LogP contribution in [0.15, 0.2) is 17.0 Å². The number of aryl methyl sites for hydroxylation is 1. The maximum Gasteiger partial charge on any atom is 0.243 e. The Labute approximate surface area is 118 Å². The number of benzene rings is 1. The van der Waals surface area contributed by atoms with E-state index < -0.39 is 20.7 Å². The molecule has 2 unspecified atom stereocenters. The fourth-order valence-electron chi connectivity index (χ4n) is 2.35. The molecule has 0 radical (unpaired) electrons. The molecule has 2 rings (SSSR count). The fraction of sp³-hybridized carbons (Fsp3) is 0.538. The molecule has 2 atom stereocenters. The third-order valence-corrected chi connectivity index (χ3v) is 4.86. The topological polar surface area (TPSA) is 81.4 Å². The molecule has 3 N–H and O–H groups in total. The summed E-state index contributed by atoms with van der Waals surface area (Å²) in [6, 6.07) is 2.31. The van der Waals surface area contributed by atoms with E-state index in [1.165, 1.54) is 13.0 Å². The maximum atomic E-state index is 14.0. The van der Waals surface area contributed by atoms with Crippen molar-refractivity contribution in [2.75, 3.05) is 12.3 Å². The van der Waals surface area contributed by atoms with Gasteiger partial charge in [-0.15, -0.1) is 0 Å². The van der Waals surface area contributed by atoms with Crippen molar-refractivity contribution in [2.24, 2.45) is 0 Å². The molecule has 1 aliphatic heterocycles. The first-order chi connectivity index (χ1) is 9.29. The van der Waals surface area contributed by atoms with Crippen LogP contribution in [0.5, 0.6) is 0 Å². The van der Waals surface area contributed by atoms with Gasteiger partial charge in [-0.3, -0.25) is 0 Å². The lowest BCUT2D eigenvalue weighted by Gasteiger charge is -2.27. The second-order valence-corrected chi connectivity index (χ2v) is 6.86. The summed E-state index contributed by atoms with van der Waals surface area (Å²) in [5.41, 5.74) is 6.04. The Hall–Kier alpha value is -1.18. The normalized spacial score (nSPS) is 23.8. The van der Waals surface area contributed by atoms with Crippen LogP contribution in [0.3, 0.4) is 0 Å². The third kappa shape index (κ3) is 3.28. The summed E-state index contributed by atoms with van der Waals surface area (Å²) in [7, 11) is -3.92. The molecule has 1 heterocycles. The highest BCUT2D eigenvalue weighted by Gasteiger charge is 2.27. The van der Waals surface area contributed by atoms with Gasteiger partial charge in [-0.1, -0.05) is 0 Å². The van der Waals surface area contributed by atoms with Crippen molar-refractivity contribution in [1.29, 1.82) is 0 Å². The van der Waals surface area contributed by atoms with Crippen molar-refractivity contribution in [2.45, 2.75) is 43.7 Å². The van der Waals surface area contributed by atoms with Gasteiger partial charge in [0.2, 0.25) is 10.0 Å². The van der Waals surface area contributed by atoms with Gasteiger partial charge in [0, 0.05) is 18.3 Å². The molecule has 0 bridgehead atoms. The fourth-order valence-corrected chi connectivity index (χ4v) is 3.82. The van der Waals surface area contributed by atoms with Crippen molar-refractivity contribution in [1.82, 2.24) is 4.72 Å². The molecule has 1 fully saturated rings. The van der Waals surface area contributed by atoms with Gasteiger partial charge in [-0.05, 0) is 44.4 Å². The first-order valence-corrected chi connectivity index (χ1v) is 7.97. The lowest BCUT2D eigenvalue weighted by molar-refractivity contribution is 0.0173. The molecule has 112 valence electrons. The lowest BCUT2D eigenvalue weighted by Crippen LogP contribution is -2.41. The number of nitrogens with one attached hydrogen (secondary N) is 1. The molecule has 20 heavy (non-hydrogen) atoms. The molecule has 0 amide bonds. The van der Waals surface area contributed by atoms with Gasteiger partial charge in [0.25, 0.3) is 0 Å². The standard InChI is InChI=1S/C13H19FN2O3S/c1-8-5-10(15)7-12(13(8)14)20(17,18)16-11-3-4-19-9(2)6-11/h5,7,9,11,16H,3-4,6,15H2,1-2H3. The van der Waals surface area contributed by atoms with E-state index in [2.05, 4.69) is 4.72 Å². The summed E-state index contributed by atoms with van der Waals surface area (Å²) in [6.45, 7) is 3.86. The number of ether oxygens (including phenoxy) is 1. The molecule has 1 aromatic carbocycles. The number of sulfonamides is 1. The van der Waals surface area contributed by atoms with Gasteiger partial charge in [-0.25, -0.2) is 17.5 Å². The molecule has 7 heteroatoms. The highest BCUT2D eigenvalue weighted by molar-refractivity contribution is 7.89. The van der Waals surface area contributed by atoms with Crippen molar-refractivity contribution < 1.29 is 17.5 Å². The van der Waals surface area contributed by atoms with E-state index in [1.54, 1.807) is 0 Å². The van der Waals surface area contributed by atoms with Gasteiger partial charge in [-0.2, -0.15) is 0 Å². The van der Waals surface area contributed by atoms with Crippen molar-refractivity contribution in [3.8, 4) is 0 Å². The van der Waals surface area contributed by atoms with Gasteiger partial charge >= 0.3 is 0 Å². The molecule has 0 saturated carbocycles. The molecule has 1 aliphatic rings. The molecule has 1 aromatic rings. The smallest absolute Gasteiger partial charge is 0.243 e. The first-order valence-electron chi connectivity index (χ1n) is 6.49. The van der Waals surface area contributed by atoms with Crippen molar-refractivity contribution >= 4 is 15.7 Å². The largest absolute Gasteiger partial charge is 0.399 e. The SMILES string of the molecule is Cc1cc(N)cc(S(=O)(=O)NC2CCOC(C)C2)c1F. The highest BCUT2D eigenvalue weighted by atomic mass is 32.2. The van der Waals surface area contributed by atoms with Crippen LogP contribution < -0.4 is 10.5 Å². The van der Waals surface area contributed by atoms with E-state index >= 15 is 0 Å². The van der Waals surface area contributed by atoms with Crippen LogP contribution in [0.4, 0.5) is 10.1 Å². The maximum absolute atomic E-state index is 14.0. The number of nitrogen functional groups attached to an aromatic ring is 1. The summed E-state index contributed by atoms with van der Waals surface area (Å²) in [4.78, 5) is -0.394. The summed E-state index contributed by atoms with van der Waals surface area (Å²) in [5.74, 6) is -0.758. The molecular formula is C13H19FN2O3S. The third-order valence-electron chi connectivity index (χ3n) is 3.34. The van der Waals surface area contributed by atoms with Crippen LogP contribution in [-0.2, 0) is 14.8 Å². The minimum atomic E-state index is -3.92. The minimum absolute atomic E-state index is 0.0103. The number of anilines is 1. The molecule has 5 nitrogen and oxygen atoms in total. The Morgan fingerprint density at radius 1 is 1.45 bits per heavy atom. The quantitative estimate of drug-likeness (QED) is 0.830. The summed E-state index contributed by atoms with van der Waals surface area (Å²) < 4.78 is 46.5. The first kappa shape index (κ1) is 15.2. The zero-order valence-corrected chi connectivity index (χ0v) is 12.3. The van der Waals surface area contributed by atoms with Gasteiger partial charge in [0.05, 0.1) is 6.10 Å². The Morgan fingerprint density at radius 3 is 2.80 bits per heavy atom. The zero-order chi connectivity index (χ0) is 14.9. The highest BCUT2D eigenvalue weighted by Crippen LogP contribution is 2.23. The Bertz CT molecular complexity index is 604. The van der Waals surface area contributed by atoms with Crippen molar-refractivity contribution in [3.05, 3.63) is 23.5 Å². The van der Waals surface area contributed by atoms with Crippen molar-refractivity contribution in [3.63, 3.8) is 0 Å². The van der Waals surface area contributed by atoms with E-state index in [9.17, 15) is 12.8 Å². The lowest BCUT2D eigenvalue weighted by atomic mass is 10.1. The van der Waals surface area contributed by atoms with Crippen LogP contribution in [0, 0.1) is 12.7 Å². The minimum Gasteiger partial charge on any atom is -0.399 e. The predicted octanol–water partition coefficient (Wildman–Crippen LogP) is 1.56. The molecular weight excluding hydrogens is 283 g/mol. The van der Waals surface area contributed by atoms with Gasteiger partial charge in [0.15, 0.2) is 0 Å². The average Bonchev–Trinajstić information content (AvgIpc) is 2.33. The average molecular weight is 302 g/mol. The van der Waals surface area contributed by atoms with Gasteiger partial charge in [0.1, 0.15) is 10.7 Å². The van der Waals surface area contributed by atoms with E-state index in [4.69, 9.17) is 10.5 Å². The Balaban J connectivity index is 2.26. The molecule has 0 aromatic heterocycles. The molecule has 0 aliphatic carbocycles. The second-order valence-electron chi connectivity index (χ2n) is 5.17. The number of nitrogens with two attached hydrogens (primary N) is 1. The summed E-state index contributed by atoms with van der Waals surface area (Å²) in [6.07, 6.45) is 1.14. The van der Waals surface area contributed by atoms with Gasteiger partial charge < -0.3 is 10.5 Å². The van der Waals surface area contributed by atoms with E-state index in [1.807, 2.05) is 6.92 Å². The van der Waals surface area contributed by atoms with Crippen LogP contribution in [0.1, 0.15) is 25.3 Å². The van der Waals surface area contributed by atoms with Crippen LogP contribution in [-0.4, -0.2) is 27.2 Å². The number of hydrogen-bond donors (Lipinski definition) is 2. The second kappa shape index (κ2) is 5.67. The van der Waals surface area contributed by atoms with Crippen LogP contribution in [0.2, 0.25) is 0 Å².